The van der Waals surface area contributed by atoms with Gasteiger partial charge in [-0.1, -0.05) is 45.9 Å². The van der Waals surface area contributed by atoms with Crippen molar-refractivity contribution in [1.82, 2.24) is 9.88 Å². The van der Waals surface area contributed by atoms with Crippen molar-refractivity contribution in [2.45, 2.75) is 57.5 Å². The van der Waals surface area contributed by atoms with Crippen LogP contribution in [0.5, 0.6) is 0 Å². The van der Waals surface area contributed by atoms with Gasteiger partial charge >= 0.3 is 0 Å². The van der Waals surface area contributed by atoms with Gasteiger partial charge in [0.25, 0.3) is 0 Å². The van der Waals surface area contributed by atoms with Gasteiger partial charge in [0.1, 0.15) is 5.82 Å². The van der Waals surface area contributed by atoms with E-state index in [-0.39, 0.29) is 17.4 Å². The number of hydrogen-bond acceptors (Lipinski definition) is 5. The van der Waals surface area contributed by atoms with E-state index in [1.807, 2.05) is 0 Å². The normalized spacial score (nSPS) is 21.5. The van der Waals surface area contributed by atoms with Crippen LogP contribution in [-0.4, -0.2) is 65.5 Å². The molecule has 2 aromatic rings. The summed E-state index contributed by atoms with van der Waals surface area (Å²) in [5.41, 5.74) is 5.57. The fourth-order valence-electron chi connectivity index (χ4n) is 5.02. The largest absolute Gasteiger partial charge is 0.394 e. The Balaban J connectivity index is 1.55. The molecule has 1 aliphatic heterocycles. The summed E-state index contributed by atoms with van der Waals surface area (Å²) in [6, 6.07) is 13.2. The fourth-order valence-corrected chi connectivity index (χ4v) is 5.02. The minimum Gasteiger partial charge on any atom is -0.394 e. The summed E-state index contributed by atoms with van der Waals surface area (Å²) >= 11 is 0. The predicted octanol–water partition coefficient (Wildman–Crippen LogP) is 3.57. The molecular weight excluding hydrogens is 386 g/mol. The van der Waals surface area contributed by atoms with Gasteiger partial charge in [-0.05, 0) is 53.0 Å². The average molecular weight is 424 g/mol. The average Bonchev–Trinajstić information content (AvgIpc) is 2.77. The standard InChI is InChI=1S/C26H37N3O2/c1-25(2)10-11-26(3,4)22-16-19(8-9-21(22)25)23-6-5-7-24(27-23)29-14-12-28(13-15-29)17-20(31)18-30/h5-9,16,20,30-31H,10-15,17-18H2,1-4H3/t20-/m0/s1. The number of piperazine rings is 1. The van der Waals surface area contributed by atoms with Crippen LogP contribution >= 0.6 is 0 Å². The van der Waals surface area contributed by atoms with E-state index in [1.54, 1.807) is 0 Å². The summed E-state index contributed by atoms with van der Waals surface area (Å²) < 4.78 is 0. The Morgan fingerprint density at radius 3 is 2.29 bits per heavy atom. The zero-order valence-electron chi connectivity index (χ0n) is 19.4. The van der Waals surface area contributed by atoms with Crippen molar-refractivity contribution in [1.29, 1.82) is 0 Å². The second kappa shape index (κ2) is 8.53. The number of rotatable bonds is 5. The second-order valence-corrected chi connectivity index (χ2v) is 10.5. The molecule has 0 spiro atoms. The number of hydrogen-bond donors (Lipinski definition) is 2. The molecule has 5 nitrogen and oxygen atoms in total. The van der Waals surface area contributed by atoms with E-state index in [4.69, 9.17) is 10.1 Å². The number of benzene rings is 1. The number of β-amino-alcohol motifs (C(OH)–C–C–N with tert-alkyl or cyclic N) is 1. The first-order valence-electron chi connectivity index (χ1n) is 11.6. The Hall–Kier alpha value is -1.95. The maximum atomic E-state index is 9.69. The molecule has 0 saturated carbocycles. The number of nitrogens with zero attached hydrogens (tertiary/aromatic N) is 3. The van der Waals surface area contributed by atoms with Crippen molar-refractivity contribution < 1.29 is 10.2 Å². The smallest absolute Gasteiger partial charge is 0.129 e. The van der Waals surface area contributed by atoms with Crippen LogP contribution in [0, 0.1) is 0 Å². The third-order valence-electron chi connectivity index (χ3n) is 7.26. The molecule has 0 radical (unpaired) electrons. The number of anilines is 1. The predicted molar refractivity (Wildman–Crippen MR) is 127 cm³/mol. The molecule has 1 atom stereocenters. The zero-order valence-corrected chi connectivity index (χ0v) is 19.4. The third-order valence-corrected chi connectivity index (χ3v) is 7.26. The molecule has 0 unspecified atom stereocenters. The molecule has 1 fully saturated rings. The highest BCUT2D eigenvalue weighted by Crippen LogP contribution is 2.46. The Morgan fingerprint density at radius 2 is 1.61 bits per heavy atom. The van der Waals surface area contributed by atoms with Gasteiger partial charge in [0.2, 0.25) is 0 Å². The number of pyridine rings is 1. The molecule has 1 saturated heterocycles. The summed E-state index contributed by atoms with van der Waals surface area (Å²) in [7, 11) is 0. The minimum absolute atomic E-state index is 0.182. The van der Waals surface area contributed by atoms with Crippen molar-refractivity contribution >= 4 is 5.82 Å². The van der Waals surface area contributed by atoms with Gasteiger partial charge < -0.3 is 15.1 Å². The fraction of sp³-hybridized carbons (Fsp3) is 0.577. The zero-order chi connectivity index (χ0) is 22.2. The van der Waals surface area contributed by atoms with Gasteiger partial charge in [-0.2, -0.15) is 0 Å². The highest BCUT2D eigenvalue weighted by molar-refractivity contribution is 5.65. The lowest BCUT2D eigenvalue weighted by molar-refractivity contribution is 0.0574. The molecule has 5 heteroatoms. The summed E-state index contributed by atoms with van der Waals surface area (Å²) in [5.74, 6) is 1.01. The van der Waals surface area contributed by atoms with Crippen LogP contribution in [0.1, 0.15) is 51.7 Å². The van der Waals surface area contributed by atoms with Crippen molar-refractivity contribution in [3.8, 4) is 11.3 Å². The molecule has 2 heterocycles. The Bertz CT molecular complexity index is 917. The Morgan fingerprint density at radius 1 is 0.935 bits per heavy atom. The van der Waals surface area contributed by atoms with Gasteiger partial charge in [-0.3, -0.25) is 4.90 Å². The summed E-state index contributed by atoms with van der Waals surface area (Å²) in [5, 5.41) is 18.8. The molecule has 1 aromatic heterocycles. The molecular formula is C26H37N3O2. The number of aromatic nitrogens is 1. The van der Waals surface area contributed by atoms with Crippen LogP contribution in [0.25, 0.3) is 11.3 Å². The van der Waals surface area contributed by atoms with Gasteiger partial charge in [0.15, 0.2) is 0 Å². The quantitative estimate of drug-likeness (QED) is 0.770. The molecule has 2 aliphatic rings. The number of aliphatic hydroxyl groups excluding tert-OH is 2. The Labute approximate surface area is 186 Å². The van der Waals surface area contributed by atoms with E-state index >= 15 is 0 Å². The van der Waals surface area contributed by atoms with Crippen LogP contribution < -0.4 is 4.90 Å². The van der Waals surface area contributed by atoms with Crippen molar-refractivity contribution in [3.63, 3.8) is 0 Å². The second-order valence-electron chi connectivity index (χ2n) is 10.5. The highest BCUT2D eigenvalue weighted by atomic mass is 16.3. The molecule has 168 valence electrons. The van der Waals surface area contributed by atoms with Gasteiger partial charge in [-0.15, -0.1) is 0 Å². The number of fused-ring (bicyclic) bond motifs is 1. The lowest BCUT2D eigenvalue weighted by Gasteiger charge is -2.42. The van der Waals surface area contributed by atoms with Crippen molar-refractivity contribution in [2.75, 3.05) is 44.2 Å². The van der Waals surface area contributed by atoms with Crippen molar-refractivity contribution in [2.24, 2.45) is 0 Å². The molecule has 4 rings (SSSR count). The molecule has 1 aliphatic carbocycles. The van der Waals surface area contributed by atoms with Crippen LogP contribution in [0.3, 0.4) is 0 Å². The van der Waals surface area contributed by atoms with E-state index in [2.05, 4.69) is 73.9 Å². The summed E-state index contributed by atoms with van der Waals surface area (Å²) in [6.45, 7) is 13.3. The highest BCUT2D eigenvalue weighted by Gasteiger charge is 2.37. The van der Waals surface area contributed by atoms with Gasteiger partial charge in [0, 0.05) is 38.3 Å². The monoisotopic (exact) mass is 423 g/mol. The van der Waals surface area contributed by atoms with Gasteiger partial charge in [0.05, 0.1) is 18.4 Å². The van der Waals surface area contributed by atoms with Crippen LogP contribution in [0.2, 0.25) is 0 Å². The topological polar surface area (TPSA) is 59.8 Å². The van der Waals surface area contributed by atoms with Crippen LogP contribution in [-0.2, 0) is 10.8 Å². The first-order chi connectivity index (χ1) is 14.7. The molecule has 1 aromatic carbocycles. The molecule has 0 bridgehead atoms. The van der Waals surface area contributed by atoms with E-state index in [0.29, 0.717) is 6.54 Å². The first-order valence-corrected chi connectivity index (χ1v) is 11.6. The van der Waals surface area contributed by atoms with Gasteiger partial charge in [-0.25, -0.2) is 4.98 Å². The molecule has 0 amide bonds. The van der Waals surface area contributed by atoms with Crippen LogP contribution in [0.15, 0.2) is 36.4 Å². The maximum Gasteiger partial charge on any atom is 0.129 e. The Kier molecular flexibility index (Phi) is 6.12. The first kappa shape index (κ1) is 22.3. The van der Waals surface area contributed by atoms with E-state index in [0.717, 1.165) is 37.7 Å². The lowest BCUT2D eigenvalue weighted by atomic mass is 9.63. The number of aliphatic hydroxyl groups is 2. The summed E-state index contributed by atoms with van der Waals surface area (Å²) in [4.78, 5) is 9.54. The minimum atomic E-state index is -0.661. The summed E-state index contributed by atoms with van der Waals surface area (Å²) in [6.07, 6.45) is 1.77. The van der Waals surface area contributed by atoms with E-state index in [1.165, 1.54) is 29.5 Å². The van der Waals surface area contributed by atoms with Crippen LogP contribution in [0.4, 0.5) is 5.82 Å². The van der Waals surface area contributed by atoms with E-state index in [9.17, 15) is 5.11 Å². The lowest BCUT2D eigenvalue weighted by Crippen LogP contribution is -2.49. The van der Waals surface area contributed by atoms with E-state index < -0.39 is 6.10 Å². The SMILES string of the molecule is CC1(C)CCC(C)(C)c2cc(-c3cccc(N4CCN(C[C@H](O)CO)CC4)n3)ccc21. The third kappa shape index (κ3) is 4.64. The molecule has 2 N–H and O–H groups in total. The maximum absolute atomic E-state index is 9.69. The van der Waals surface area contributed by atoms with Crippen molar-refractivity contribution in [3.05, 3.63) is 47.5 Å². The molecule has 31 heavy (non-hydrogen) atoms.